The molecule has 9 nitrogen and oxygen atoms in total. The molecule has 2 aliphatic heterocycles. The number of sulfonamides is 1. The lowest BCUT2D eigenvalue weighted by Crippen LogP contribution is -2.38. The molecule has 154 valence electrons. The van der Waals surface area contributed by atoms with Gasteiger partial charge in [-0.05, 0) is 31.0 Å². The average molecular weight is 411 g/mol. The smallest absolute Gasteiger partial charge is 0.340 e. The minimum Gasteiger partial charge on any atom is -0.452 e. The SMILES string of the molecule is NC(=O)COC(=O)c1cc(S(=O)(=O)N2CCCCC2)ccc1N1CCOCC1. The van der Waals surface area contributed by atoms with E-state index in [0.29, 0.717) is 45.1 Å². The number of carbonyl (C=O) groups excluding carboxylic acids is 2. The van der Waals surface area contributed by atoms with Crippen molar-refractivity contribution in [1.29, 1.82) is 0 Å². The van der Waals surface area contributed by atoms with Crippen LogP contribution in [0.15, 0.2) is 23.1 Å². The van der Waals surface area contributed by atoms with Gasteiger partial charge in [0, 0.05) is 26.2 Å². The van der Waals surface area contributed by atoms with E-state index >= 15 is 0 Å². The summed E-state index contributed by atoms with van der Waals surface area (Å²) in [6.07, 6.45) is 2.64. The number of benzene rings is 1. The van der Waals surface area contributed by atoms with Crippen LogP contribution in [0.5, 0.6) is 0 Å². The van der Waals surface area contributed by atoms with Crippen molar-refractivity contribution in [3.8, 4) is 0 Å². The van der Waals surface area contributed by atoms with E-state index in [9.17, 15) is 18.0 Å². The van der Waals surface area contributed by atoms with Crippen molar-refractivity contribution < 1.29 is 27.5 Å². The van der Waals surface area contributed by atoms with Gasteiger partial charge in [-0.1, -0.05) is 6.42 Å². The van der Waals surface area contributed by atoms with Gasteiger partial charge in [0.2, 0.25) is 10.0 Å². The Hall–Kier alpha value is -2.17. The number of amides is 1. The Balaban J connectivity index is 1.95. The van der Waals surface area contributed by atoms with E-state index in [1.54, 1.807) is 6.07 Å². The predicted molar refractivity (Wildman–Crippen MR) is 102 cm³/mol. The number of rotatable bonds is 6. The fourth-order valence-electron chi connectivity index (χ4n) is 3.39. The second kappa shape index (κ2) is 8.89. The lowest BCUT2D eigenvalue weighted by atomic mass is 10.1. The molecule has 0 atom stereocenters. The summed E-state index contributed by atoms with van der Waals surface area (Å²) in [5, 5.41) is 0. The topological polar surface area (TPSA) is 119 Å². The largest absolute Gasteiger partial charge is 0.452 e. The van der Waals surface area contributed by atoms with E-state index in [2.05, 4.69) is 0 Å². The van der Waals surface area contributed by atoms with Gasteiger partial charge in [0.05, 0.1) is 29.4 Å². The summed E-state index contributed by atoms with van der Waals surface area (Å²) in [6.45, 7) is 2.50. The van der Waals surface area contributed by atoms with E-state index in [-0.39, 0.29) is 10.5 Å². The molecule has 2 saturated heterocycles. The highest BCUT2D eigenvalue weighted by atomic mass is 32.2. The minimum atomic E-state index is -3.71. The van der Waals surface area contributed by atoms with Crippen molar-refractivity contribution in [3.63, 3.8) is 0 Å². The molecule has 2 N–H and O–H groups in total. The lowest BCUT2D eigenvalue weighted by Gasteiger charge is -2.31. The van der Waals surface area contributed by atoms with Crippen LogP contribution in [0.3, 0.4) is 0 Å². The molecule has 2 heterocycles. The second-order valence-electron chi connectivity index (χ2n) is 6.79. The number of anilines is 1. The molecule has 0 bridgehead atoms. The number of primary amides is 1. The molecule has 1 aromatic rings. The summed E-state index contributed by atoms with van der Waals surface area (Å²) in [5.74, 6) is -1.56. The van der Waals surface area contributed by atoms with Crippen LogP contribution in [0.2, 0.25) is 0 Å². The van der Waals surface area contributed by atoms with Gasteiger partial charge >= 0.3 is 5.97 Å². The van der Waals surface area contributed by atoms with Gasteiger partial charge in [-0.15, -0.1) is 0 Å². The van der Waals surface area contributed by atoms with Crippen molar-refractivity contribution in [2.75, 3.05) is 50.9 Å². The van der Waals surface area contributed by atoms with Crippen LogP contribution in [0.1, 0.15) is 29.6 Å². The zero-order chi connectivity index (χ0) is 20.1. The number of hydrogen-bond donors (Lipinski definition) is 1. The first kappa shape index (κ1) is 20.6. The molecule has 3 rings (SSSR count). The number of ether oxygens (including phenoxy) is 2. The third kappa shape index (κ3) is 4.62. The molecule has 28 heavy (non-hydrogen) atoms. The third-order valence-electron chi connectivity index (χ3n) is 4.84. The first-order chi connectivity index (χ1) is 13.4. The molecule has 0 aliphatic carbocycles. The highest BCUT2D eigenvalue weighted by Gasteiger charge is 2.29. The highest BCUT2D eigenvalue weighted by molar-refractivity contribution is 7.89. The Bertz CT molecular complexity index is 830. The molecule has 1 amide bonds. The number of nitrogens with zero attached hydrogens (tertiary/aromatic N) is 2. The first-order valence-electron chi connectivity index (χ1n) is 9.32. The van der Waals surface area contributed by atoms with Crippen LogP contribution in [0, 0.1) is 0 Å². The summed E-state index contributed by atoms with van der Waals surface area (Å²) < 4.78 is 37.7. The molecule has 2 aliphatic rings. The fraction of sp³-hybridized carbons (Fsp3) is 0.556. The number of carbonyl (C=O) groups is 2. The van der Waals surface area contributed by atoms with Crippen LogP contribution >= 0.6 is 0 Å². The summed E-state index contributed by atoms with van der Waals surface area (Å²) in [4.78, 5) is 25.5. The number of piperidine rings is 1. The molecule has 10 heteroatoms. The van der Waals surface area contributed by atoms with Gasteiger partial charge in [-0.2, -0.15) is 4.31 Å². The van der Waals surface area contributed by atoms with Crippen LogP contribution in [-0.4, -0.2) is 70.6 Å². The van der Waals surface area contributed by atoms with E-state index in [4.69, 9.17) is 15.2 Å². The van der Waals surface area contributed by atoms with Gasteiger partial charge < -0.3 is 20.1 Å². The molecule has 0 saturated carbocycles. The number of nitrogens with two attached hydrogens (primary N) is 1. The molecule has 1 aromatic carbocycles. The summed E-state index contributed by atoms with van der Waals surface area (Å²) >= 11 is 0. The molecule has 2 fully saturated rings. The Morgan fingerprint density at radius 2 is 1.75 bits per heavy atom. The highest BCUT2D eigenvalue weighted by Crippen LogP contribution is 2.28. The van der Waals surface area contributed by atoms with Gasteiger partial charge in [0.25, 0.3) is 5.91 Å². The van der Waals surface area contributed by atoms with Crippen molar-refractivity contribution in [1.82, 2.24) is 4.31 Å². The number of esters is 1. The molecule has 0 radical (unpaired) electrons. The number of morpholine rings is 1. The Kier molecular flexibility index (Phi) is 6.53. The van der Waals surface area contributed by atoms with Crippen molar-refractivity contribution in [2.45, 2.75) is 24.2 Å². The Morgan fingerprint density at radius 3 is 2.39 bits per heavy atom. The number of hydrogen-bond acceptors (Lipinski definition) is 7. The average Bonchev–Trinajstić information content (AvgIpc) is 2.72. The quantitative estimate of drug-likeness (QED) is 0.670. The van der Waals surface area contributed by atoms with Gasteiger partial charge in [0.1, 0.15) is 0 Å². The van der Waals surface area contributed by atoms with Crippen LogP contribution in [0.4, 0.5) is 5.69 Å². The molecular weight excluding hydrogens is 386 g/mol. The molecule has 0 aromatic heterocycles. The zero-order valence-corrected chi connectivity index (χ0v) is 16.4. The van der Waals surface area contributed by atoms with Crippen molar-refractivity contribution >= 4 is 27.6 Å². The molecule has 0 unspecified atom stereocenters. The Morgan fingerprint density at radius 1 is 1.07 bits per heavy atom. The monoisotopic (exact) mass is 411 g/mol. The molecular formula is C18H25N3O6S. The van der Waals surface area contributed by atoms with Crippen LogP contribution < -0.4 is 10.6 Å². The van der Waals surface area contributed by atoms with E-state index in [0.717, 1.165) is 19.3 Å². The van der Waals surface area contributed by atoms with Crippen LogP contribution in [-0.2, 0) is 24.3 Å². The summed E-state index contributed by atoms with van der Waals surface area (Å²) in [5.41, 5.74) is 5.70. The van der Waals surface area contributed by atoms with Crippen molar-refractivity contribution in [2.24, 2.45) is 5.73 Å². The van der Waals surface area contributed by atoms with Gasteiger partial charge in [0.15, 0.2) is 6.61 Å². The Labute approximate surface area is 164 Å². The summed E-state index contributed by atoms with van der Waals surface area (Å²) in [7, 11) is -3.71. The second-order valence-corrected chi connectivity index (χ2v) is 8.72. The summed E-state index contributed by atoms with van der Waals surface area (Å²) in [6, 6.07) is 4.46. The van der Waals surface area contributed by atoms with E-state index in [1.165, 1.54) is 16.4 Å². The maximum Gasteiger partial charge on any atom is 0.340 e. The minimum absolute atomic E-state index is 0.0393. The maximum atomic E-state index is 13.0. The standard InChI is InChI=1S/C18H25N3O6S/c19-17(22)13-27-18(23)15-12-14(28(24,25)21-6-2-1-3-7-21)4-5-16(15)20-8-10-26-11-9-20/h4-5,12H,1-3,6-11,13H2,(H2,19,22). The fourth-order valence-corrected chi connectivity index (χ4v) is 4.93. The molecule has 0 spiro atoms. The first-order valence-corrected chi connectivity index (χ1v) is 10.8. The lowest BCUT2D eigenvalue weighted by molar-refractivity contribution is -0.121. The van der Waals surface area contributed by atoms with E-state index in [1.807, 2.05) is 4.90 Å². The zero-order valence-electron chi connectivity index (χ0n) is 15.6. The van der Waals surface area contributed by atoms with E-state index < -0.39 is 28.5 Å². The van der Waals surface area contributed by atoms with Gasteiger partial charge in [-0.3, -0.25) is 4.79 Å². The maximum absolute atomic E-state index is 13.0. The third-order valence-corrected chi connectivity index (χ3v) is 6.73. The van der Waals surface area contributed by atoms with Crippen LogP contribution in [0.25, 0.3) is 0 Å². The predicted octanol–water partition coefficient (Wildman–Crippen LogP) is 0.340. The normalized spacial score (nSPS) is 18.6. The van der Waals surface area contributed by atoms with Crippen molar-refractivity contribution in [3.05, 3.63) is 23.8 Å². The van der Waals surface area contributed by atoms with Gasteiger partial charge in [-0.25, -0.2) is 13.2 Å².